The first-order valence-corrected chi connectivity index (χ1v) is 9.74. The highest BCUT2D eigenvalue weighted by atomic mass is 19.4. The average Bonchev–Trinajstić information content (AvgIpc) is 2.76. The van der Waals surface area contributed by atoms with Crippen LogP contribution in [0.15, 0.2) is 66.7 Å². The number of hydrogen-bond acceptors (Lipinski definition) is 3. The number of carbonyl (C=O) groups excluding carboxylic acids is 2. The molecule has 3 aromatic rings. The molecule has 0 aliphatic carbocycles. The molecule has 0 bridgehead atoms. The number of amides is 2. The number of benzene rings is 3. The second kappa shape index (κ2) is 9.56. The van der Waals surface area contributed by atoms with Gasteiger partial charge in [0.05, 0.1) is 11.3 Å². The third kappa shape index (κ3) is 6.19. The molecule has 33 heavy (non-hydrogen) atoms. The lowest BCUT2D eigenvalue weighted by Gasteiger charge is -2.12. The number of allylic oxidation sites excluding steroid dienone is 1. The molecule has 0 spiro atoms. The average molecular weight is 456 g/mol. The molecule has 0 aromatic heterocycles. The Morgan fingerprint density at radius 3 is 2.27 bits per heavy atom. The largest absolute Gasteiger partial charge is 0.478 e. The quantitative estimate of drug-likeness (QED) is 0.461. The first-order chi connectivity index (χ1) is 15.5. The van der Waals surface area contributed by atoms with Gasteiger partial charge < -0.3 is 15.7 Å². The molecular formula is C24H19F3N2O4. The van der Waals surface area contributed by atoms with Gasteiger partial charge in [0.1, 0.15) is 6.54 Å². The zero-order valence-electron chi connectivity index (χ0n) is 17.4. The van der Waals surface area contributed by atoms with Crippen LogP contribution in [-0.4, -0.2) is 35.6 Å². The van der Waals surface area contributed by atoms with Gasteiger partial charge in [0, 0.05) is 11.6 Å². The van der Waals surface area contributed by atoms with Crippen molar-refractivity contribution in [2.24, 2.45) is 0 Å². The number of carbonyl (C=O) groups is 3. The fourth-order valence-corrected chi connectivity index (χ4v) is 3.14. The van der Waals surface area contributed by atoms with Gasteiger partial charge in [-0.1, -0.05) is 36.4 Å². The number of fused-ring (bicyclic) bond motifs is 1. The Morgan fingerprint density at radius 1 is 0.939 bits per heavy atom. The molecule has 3 aromatic carbocycles. The molecule has 3 N–H and O–H groups in total. The van der Waals surface area contributed by atoms with Crippen LogP contribution in [0.5, 0.6) is 0 Å². The highest BCUT2D eigenvalue weighted by Gasteiger charge is 2.28. The number of halogens is 3. The number of nitrogens with one attached hydrogen (secondary N) is 2. The zero-order valence-corrected chi connectivity index (χ0v) is 17.4. The topological polar surface area (TPSA) is 95.5 Å². The molecular weight excluding hydrogens is 437 g/mol. The van der Waals surface area contributed by atoms with Gasteiger partial charge >= 0.3 is 12.1 Å². The molecule has 2 amide bonds. The molecule has 0 fully saturated rings. The lowest BCUT2D eigenvalue weighted by atomic mass is 10.0. The van der Waals surface area contributed by atoms with Gasteiger partial charge in [-0.05, 0) is 53.1 Å². The van der Waals surface area contributed by atoms with E-state index in [9.17, 15) is 32.7 Å². The van der Waals surface area contributed by atoms with Crippen LogP contribution in [-0.2, 0) is 4.79 Å². The summed E-state index contributed by atoms with van der Waals surface area (Å²) in [4.78, 5) is 36.0. The Balaban J connectivity index is 1.83. The third-order valence-corrected chi connectivity index (χ3v) is 4.77. The van der Waals surface area contributed by atoms with Crippen LogP contribution in [0, 0.1) is 0 Å². The fraction of sp³-hybridized carbons (Fsp3) is 0.125. The van der Waals surface area contributed by atoms with Crippen LogP contribution in [0.2, 0.25) is 0 Å². The number of hydrogen-bond donors (Lipinski definition) is 3. The van der Waals surface area contributed by atoms with Gasteiger partial charge in [-0.2, -0.15) is 13.2 Å². The summed E-state index contributed by atoms with van der Waals surface area (Å²) in [6, 6.07) is 16.5. The van der Waals surface area contributed by atoms with Crippen molar-refractivity contribution in [2.75, 3.05) is 11.9 Å². The Hall–Kier alpha value is -4.14. The second-order valence-electron chi connectivity index (χ2n) is 7.24. The van der Waals surface area contributed by atoms with Gasteiger partial charge in [0.25, 0.3) is 5.91 Å². The van der Waals surface area contributed by atoms with E-state index in [1.807, 2.05) is 42.5 Å². The predicted molar refractivity (Wildman–Crippen MR) is 118 cm³/mol. The van der Waals surface area contributed by atoms with Gasteiger partial charge in [-0.15, -0.1) is 0 Å². The van der Waals surface area contributed by atoms with E-state index >= 15 is 0 Å². The van der Waals surface area contributed by atoms with Crippen molar-refractivity contribution in [1.82, 2.24) is 5.32 Å². The Morgan fingerprint density at radius 2 is 1.61 bits per heavy atom. The van der Waals surface area contributed by atoms with Gasteiger partial charge in [-0.3, -0.25) is 9.59 Å². The summed E-state index contributed by atoms with van der Waals surface area (Å²) in [6.45, 7) is 0.171. The molecule has 0 aliphatic rings. The van der Waals surface area contributed by atoms with Crippen molar-refractivity contribution in [3.63, 3.8) is 0 Å². The van der Waals surface area contributed by atoms with Crippen molar-refractivity contribution in [3.05, 3.63) is 83.4 Å². The van der Waals surface area contributed by atoms with E-state index < -0.39 is 30.5 Å². The minimum atomic E-state index is -4.60. The molecule has 0 radical (unpaired) electrons. The van der Waals surface area contributed by atoms with E-state index in [0.29, 0.717) is 5.57 Å². The minimum absolute atomic E-state index is 0.213. The highest BCUT2D eigenvalue weighted by Crippen LogP contribution is 2.22. The normalized spacial score (nSPS) is 11.8. The van der Waals surface area contributed by atoms with Crippen molar-refractivity contribution in [3.8, 4) is 0 Å². The SMILES string of the molecule is CC(=CC(=O)Nc1cc(C(=O)NCC(F)(F)F)ccc1C(=O)O)c1ccc2ccccc2c1. The van der Waals surface area contributed by atoms with Crippen LogP contribution < -0.4 is 10.6 Å². The summed E-state index contributed by atoms with van der Waals surface area (Å²) in [5, 5.41) is 15.5. The third-order valence-electron chi connectivity index (χ3n) is 4.77. The Kier molecular flexibility index (Phi) is 6.81. The van der Waals surface area contributed by atoms with Gasteiger partial charge in [-0.25, -0.2) is 4.79 Å². The number of carboxylic acid groups (broad SMARTS) is 1. The smallest absolute Gasteiger partial charge is 0.405 e. The molecule has 170 valence electrons. The maximum absolute atomic E-state index is 12.5. The van der Waals surface area contributed by atoms with Crippen molar-refractivity contribution in [2.45, 2.75) is 13.1 Å². The molecule has 0 unspecified atom stereocenters. The van der Waals surface area contributed by atoms with Crippen molar-refractivity contribution >= 4 is 39.8 Å². The van der Waals surface area contributed by atoms with Gasteiger partial charge in [0.2, 0.25) is 5.91 Å². The van der Waals surface area contributed by atoms with E-state index in [1.165, 1.54) is 6.08 Å². The maximum atomic E-state index is 12.5. The van der Waals surface area contributed by atoms with Crippen LogP contribution >= 0.6 is 0 Å². The summed E-state index contributed by atoms with van der Waals surface area (Å²) >= 11 is 0. The molecule has 3 rings (SSSR count). The van der Waals surface area contributed by atoms with Crippen LogP contribution in [0.4, 0.5) is 18.9 Å². The summed E-state index contributed by atoms with van der Waals surface area (Å²) in [6.07, 6.45) is -3.33. The molecule has 6 nitrogen and oxygen atoms in total. The number of aromatic carboxylic acids is 1. The number of anilines is 1. The summed E-state index contributed by atoms with van der Waals surface area (Å²) < 4.78 is 37.0. The molecule has 0 saturated carbocycles. The first kappa shape index (κ1) is 23.5. The van der Waals surface area contributed by atoms with E-state index in [2.05, 4.69) is 5.32 Å². The summed E-state index contributed by atoms with van der Waals surface area (Å²) in [5.74, 6) is -3.08. The number of alkyl halides is 3. The molecule has 0 atom stereocenters. The maximum Gasteiger partial charge on any atom is 0.405 e. The lowest BCUT2D eigenvalue weighted by Crippen LogP contribution is -2.33. The monoisotopic (exact) mass is 456 g/mol. The molecule has 9 heteroatoms. The minimum Gasteiger partial charge on any atom is -0.478 e. The van der Waals surface area contributed by atoms with Crippen LogP contribution in [0.1, 0.15) is 33.2 Å². The van der Waals surface area contributed by atoms with Crippen molar-refractivity contribution < 1.29 is 32.7 Å². The lowest BCUT2D eigenvalue weighted by molar-refractivity contribution is -0.123. The summed E-state index contributed by atoms with van der Waals surface area (Å²) in [7, 11) is 0. The second-order valence-corrected chi connectivity index (χ2v) is 7.24. The Labute approximate surface area is 186 Å². The van der Waals surface area contributed by atoms with E-state index in [1.54, 1.807) is 12.2 Å². The predicted octanol–water partition coefficient (Wildman–Crippen LogP) is 4.87. The van der Waals surface area contributed by atoms with Crippen LogP contribution in [0.25, 0.3) is 16.3 Å². The zero-order chi connectivity index (χ0) is 24.2. The molecule has 0 saturated heterocycles. The standard InChI is InChI=1S/C24H19F3N2O4/c1-14(16-7-6-15-4-2-3-5-17(15)11-16)10-21(30)29-20-12-18(8-9-19(20)23(32)33)22(31)28-13-24(25,26)27/h2-12H,13H2,1H3,(H,28,31)(H,29,30)(H,32,33). The highest BCUT2D eigenvalue weighted by molar-refractivity contribution is 6.08. The first-order valence-electron chi connectivity index (χ1n) is 9.74. The van der Waals surface area contributed by atoms with Gasteiger partial charge in [0.15, 0.2) is 0 Å². The van der Waals surface area contributed by atoms with E-state index in [-0.39, 0.29) is 16.8 Å². The fourth-order valence-electron chi connectivity index (χ4n) is 3.14. The number of carboxylic acids is 1. The Bertz CT molecular complexity index is 1270. The van der Waals surface area contributed by atoms with E-state index in [4.69, 9.17) is 0 Å². The molecule has 0 aliphatic heterocycles. The number of rotatable bonds is 6. The summed E-state index contributed by atoms with van der Waals surface area (Å²) in [5.41, 5.74) is 0.633. The molecule has 0 heterocycles. The van der Waals surface area contributed by atoms with E-state index in [0.717, 1.165) is 34.5 Å². The van der Waals surface area contributed by atoms with Crippen molar-refractivity contribution in [1.29, 1.82) is 0 Å². The van der Waals surface area contributed by atoms with Crippen LogP contribution in [0.3, 0.4) is 0 Å².